The van der Waals surface area contributed by atoms with Gasteiger partial charge in [0.25, 0.3) is 0 Å². The Balaban J connectivity index is 2.45. The molecule has 0 unspecified atom stereocenters. The van der Waals surface area contributed by atoms with Crippen molar-refractivity contribution in [2.45, 2.75) is 6.92 Å². The van der Waals surface area contributed by atoms with E-state index in [0.717, 1.165) is 0 Å². The smallest absolute Gasteiger partial charge is 0.167 e. The van der Waals surface area contributed by atoms with Crippen LogP contribution in [0.3, 0.4) is 0 Å². The molecule has 0 aliphatic rings. The minimum absolute atomic E-state index is 0.0160. The lowest BCUT2D eigenvalue weighted by molar-refractivity contribution is -0.118. The fourth-order valence-corrected chi connectivity index (χ4v) is 0.646. The van der Waals surface area contributed by atoms with Crippen molar-refractivity contribution >= 4 is 5.78 Å². The van der Waals surface area contributed by atoms with E-state index in [0.29, 0.717) is 5.75 Å². The van der Waals surface area contributed by atoms with Gasteiger partial charge in [-0.3, -0.25) is 4.79 Å². The maximum Gasteiger partial charge on any atom is 0.167 e. The molecule has 57 valence electrons. The van der Waals surface area contributed by atoms with Crippen LogP contribution >= 0.6 is 0 Å². The predicted molar refractivity (Wildman–Crippen MR) is 41.5 cm³/mol. The van der Waals surface area contributed by atoms with Crippen LogP contribution in [-0.2, 0) is 4.79 Å². The number of hydrogen-bond donors (Lipinski definition) is 0. The van der Waals surface area contributed by atoms with Crippen LogP contribution in [0, 0.1) is 6.07 Å². The summed E-state index contributed by atoms with van der Waals surface area (Å²) in [7, 11) is 0. The molecule has 0 aliphatic carbocycles. The molecule has 1 rings (SSSR count). The fourth-order valence-electron chi connectivity index (χ4n) is 0.646. The van der Waals surface area contributed by atoms with E-state index >= 15 is 0 Å². The lowest BCUT2D eigenvalue weighted by Crippen LogP contribution is -2.06. The summed E-state index contributed by atoms with van der Waals surface area (Å²) in [5.41, 5.74) is 0. The zero-order valence-corrected chi connectivity index (χ0v) is 6.33. The molecule has 1 aromatic carbocycles. The van der Waals surface area contributed by atoms with Gasteiger partial charge in [0.05, 0.1) is 0 Å². The van der Waals surface area contributed by atoms with Crippen molar-refractivity contribution in [1.29, 1.82) is 0 Å². The van der Waals surface area contributed by atoms with E-state index in [2.05, 4.69) is 6.07 Å². The van der Waals surface area contributed by atoms with Gasteiger partial charge in [0, 0.05) is 6.07 Å². The molecular weight excluding hydrogens is 140 g/mol. The van der Waals surface area contributed by atoms with Crippen LogP contribution in [0.1, 0.15) is 6.92 Å². The first-order valence-electron chi connectivity index (χ1n) is 3.38. The highest BCUT2D eigenvalue weighted by Crippen LogP contribution is 2.06. The highest BCUT2D eigenvalue weighted by molar-refractivity contribution is 5.77. The lowest BCUT2D eigenvalue weighted by Gasteiger charge is -2.00. The number of rotatable bonds is 3. The van der Waals surface area contributed by atoms with Crippen molar-refractivity contribution in [2.24, 2.45) is 0 Å². The highest BCUT2D eigenvalue weighted by Gasteiger charge is 1.93. The molecule has 0 bridgehead atoms. The molecule has 1 radical (unpaired) electrons. The van der Waals surface area contributed by atoms with Crippen LogP contribution in [-0.4, -0.2) is 12.4 Å². The first-order chi connectivity index (χ1) is 5.29. The quantitative estimate of drug-likeness (QED) is 0.650. The minimum Gasteiger partial charge on any atom is -0.485 e. The van der Waals surface area contributed by atoms with Crippen molar-refractivity contribution in [3.63, 3.8) is 0 Å². The average Bonchev–Trinajstić information content (AvgIpc) is 2.03. The molecule has 0 aliphatic heterocycles. The molecule has 0 fully saturated rings. The van der Waals surface area contributed by atoms with Crippen molar-refractivity contribution in [2.75, 3.05) is 6.61 Å². The van der Waals surface area contributed by atoms with Gasteiger partial charge in [0.15, 0.2) is 5.78 Å². The summed E-state index contributed by atoms with van der Waals surface area (Å²) in [6.07, 6.45) is 0. The standard InChI is InChI=1S/C9H9O2/c1-8(10)7-11-9-5-3-2-4-6-9/h2-5H,7H2,1H3. The molecule has 1 aromatic rings. The number of carbonyl (C=O) groups excluding carboxylic acids is 1. The summed E-state index contributed by atoms with van der Waals surface area (Å²) in [4.78, 5) is 10.5. The van der Waals surface area contributed by atoms with Gasteiger partial charge in [-0.25, -0.2) is 0 Å². The van der Waals surface area contributed by atoms with E-state index in [9.17, 15) is 4.79 Å². The van der Waals surface area contributed by atoms with E-state index in [4.69, 9.17) is 4.74 Å². The zero-order valence-electron chi connectivity index (χ0n) is 6.33. The van der Waals surface area contributed by atoms with Crippen LogP contribution in [0.2, 0.25) is 0 Å². The monoisotopic (exact) mass is 149 g/mol. The Morgan fingerprint density at radius 2 is 2.45 bits per heavy atom. The Hall–Kier alpha value is -1.31. The summed E-state index contributed by atoms with van der Waals surface area (Å²) in [5, 5.41) is 0. The van der Waals surface area contributed by atoms with E-state index < -0.39 is 0 Å². The molecule has 0 aromatic heterocycles. The molecular formula is C9H9O2. The van der Waals surface area contributed by atoms with Gasteiger partial charge in [0.1, 0.15) is 12.4 Å². The van der Waals surface area contributed by atoms with Crippen LogP contribution in [0.15, 0.2) is 24.3 Å². The van der Waals surface area contributed by atoms with Gasteiger partial charge in [-0.1, -0.05) is 18.2 Å². The third kappa shape index (κ3) is 2.85. The van der Waals surface area contributed by atoms with E-state index in [1.807, 2.05) is 12.1 Å². The average molecular weight is 149 g/mol. The number of ether oxygens (including phenoxy) is 1. The zero-order chi connectivity index (χ0) is 8.10. The summed E-state index contributed by atoms with van der Waals surface area (Å²) in [5.74, 6) is 0.630. The highest BCUT2D eigenvalue weighted by atomic mass is 16.5. The number of benzene rings is 1. The SMILES string of the molecule is CC(=O)COc1[c]cccc1. The van der Waals surface area contributed by atoms with Crippen molar-refractivity contribution < 1.29 is 9.53 Å². The maximum atomic E-state index is 10.5. The number of Topliss-reactive ketones (excluding diaryl/α,β-unsaturated/α-hetero) is 1. The van der Waals surface area contributed by atoms with Crippen molar-refractivity contribution in [3.8, 4) is 5.75 Å². The predicted octanol–water partition coefficient (Wildman–Crippen LogP) is 1.45. The minimum atomic E-state index is 0.0160. The molecule has 11 heavy (non-hydrogen) atoms. The third-order valence-corrected chi connectivity index (χ3v) is 1.11. The van der Waals surface area contributed by atoms with Crippen molar-refractivity contribution in [1.82, 2.24) is 0 Å². The van der Waals surface area contributed by atoms with Gasteiger partial charge in [0.2, 0.25) is 0 Å². The molecule has 0 saturated carbocycles. The normalized spacial score (nSPS) is 9.18. The fraction of sp³-hybridized carbons (Fsp3) is 0.222. The third-order valence-electron chi connectivity index (χ3n) is 1.11. The van der Waals surface area contributed by atoms with E-state index in [1.54, 1.807) is 12.1 Å². The summed E-state index contributed by atoms with van der Waals surface area (Å²) < 4.78 is 5.06. The first-order valence-corrected chi connectivity index (χ1v) is 3.38. The summed E-state index contributed by atoms with van der Waals surface area (Å²) in [6.45, 7) is 1.61. The number of hydrogen-bond acceptors (Lipinski definition) is 2. The Labute approximate surface area is 65.8 Å². The Bertz CT molecular complexity index is 229. The number of carbonyl (C=O) groups is 1. The Morgan fingerprint density at radius 1 is 1.64 bits per heavy atom. The van der Waals surface area contributed by atoms with Crippen LogP contribution in [0.25, 0.3) is 0 Å². The second kappa shape index (κ2) is 3.76. The molecule has 0 heterocycles. The molecule has 2 heteroatoms. The Kier molecular flexibility index (Phi) is 2.66. The van der Waals surface area contributed by atoms with E-state index in [1.165, 1.54) is 6.92 Å². The van der Waals surface area contributed by atoms with Crippen molar-refractivity contribution in [3.05, 3.63) is 30.3 Å². The van der Waals surface area contributed by atoms with Gasteiger partial charge in [-0.05, 0) is 13.0 Å². The van der Waals surface area contributed by atoms with Gasteiger partial charge >= 0.3 is 0 Å². The molecule has 0 N–H and O–H groups in total. The van der Waals surface area contributed by atoms with Gasteiger partial charge in [-0.2, -0.15) is 0 Å². The summed E-state index contributed by atoms with van der Waals surface area (Å²) >= 11 is 0. The van der Waals surface area contributed by atoms with Crippen LogP contribution in [0.4, 0.5) is 0 Å². The largest absolute Gasteiger partial charge is 0.485 e. The second-order valence-corrected chi connectivity index (χ2v) is 2.22. The lowest BCUT2D eigenvalue weighted by atomic mass is 10.3. The Morgan fingerprint density at radius 3 is 3.00 bits per heavy atom. The topological polar surface area (TPSA) is 26.3 Å². The van der Waals surface area contributed by atoms with Gasteiger partial charge in [-0.15, -0.1) is 0 Å². The molecule has 0 amide bonds. The number of para-hydroxylation sites is 1. The molecule has 2 nitrogen and oxygen atoms in total. The molecule has 0 spiro atoms. The summed E-state index contributed by atoms with van der Waals surface area (Å²) in [6, 6.07) is 10.0. The first kappa shape index (κ1) is 7.79. The number of ketones is 1. The van der Waals surface area contributed by atoms with Crippen LogP contribution < -0.4 is 4.74 Å². The maximum absolute atomic E-state index is 10.5. The van der Waals surface area contributed by atoms with Crippen LogP contribution in [0.5, 0.6) is 5.75 Å². The van der Waals surface area contributed by atoms with Gasteiger partial charge < -0.3 is 4.74 Å². The second-order valence-electron chi connectivity index (χ2n) is 2.22. The van der Waals surface area contributed by atoms with E-state index in [-0.39, 0.29) is 12.4 Å². The molecule has 0 atom stereocenters. The molecule has 0 saturated heterocycles.